The zero-order valence-electron chi connectivity index (χ0n) is 12.7. The van der Waals surface area contributed by atoms with Crippen LogP contribution >= 0.6 is 11.6 Å². The highest BCUT2D eigenvalue weighted by Gasteiger charge is 2.30. The van der Waals surface area contributed by atoms with Crippen LogP contribution in [0.5, 0.6) is 0 Å². The standard InChI is InChI=1S/C16H24ClNO2S/c1-13(15-6-4-3-5-7-15)12-21(19,20)18-10-8-16(9-11-18)14(2)17/h3-7,13-14,16H,8-12H2,1-2H3. The van der Waals surface area contributed by atoms with Crippen LogP contribution in [0.15, 0.2) is 30.3 Å². The molecule has 0 aromatic heterocycles. The molecule has 1 aliphatic heterocycles. The normalized spacial score (nSPS) is 21.1. The first kappa shape index (κ1) is 16.8. The Morgan fingerprint density at radius 3 is 2.29 bits per heavy atom. The summed E-state index contributed by atoms with van der Waals surface area (Å²) in [5, 5.41) is 0.123. The van der Waals surface area contributed by atoms with Crippen molar-refractivity contribution in [1.82, 2.24) is 4.31 Å². The summed E-state index contributed by atoms with van der Waals surface area (Å²) < 4.78 is 26.7. The number of hydrogen-bond donors (Lipinski definition) is 0. The number of sulfonamides is 1. The van der Waals surface area contributed by atoms with Crippen LogP contribution in [0.25, 0.3) is 0 Å². The van der Waals surface area contributed by atoms with Crippen LogP contribution in [-0.4, -0.2) is 36.9 Å². The largest absolute Gasteiger partial charge is 0.214 e. The molecule has 1 saturated heterocycles. The molecule has 1 fully saturated rings. The summed E-state index contributed by atoms with van der Waals surface area (Å²) in [5.74, 6) is 0.628. The Morgan fingerprint density at radius 1 is 1.19 bits per heavy atom. The first-order chi connectivity index (χ1) is 9.90. The molecule has 0 N–H and O–H groups in total. The van der Waals surface area contributed by atoms with Crippen molar-refractivity contribution < 1.29 is 8.42 Å². The fourth-order valence-electron chi connectivity index (χ4n) is 2.91. The van der Waals surface area contributed by atoms with Gasteiger partial charge >= 0.3 is 0 Å². The van der Waals surface area contributed by atoms with Gasteiger partial charge in [-0.25, -0.2) is 12.7 Å². The number of benzene rings is 1. The van der Waals surface area contributed by atoms with Crippen molar-refractivity contribution in [3.8, 4) is 0 Å². The number of alkyl halides is 1. The molecule has 0 saturated carbocycles. The Morgan fingerprint density at radius 2 is 1.76 bits per heavy atom. The molecule has 0 aliphatic carbocycles. The van der Waals surface area contributed by atoms with E-state index in [2.05, 4.69) is 0 Å². The summed E-state index contributed by atoms with van der Waals surface area (Å²) in [6, 6.07) is 9.82. The van der Waals surface area contributed by atoms with Crippen molar-refractivity contribution in [2.45, 2.75) is 38.0 Å². The lowest BCUT2D eigenvalue weighted by Gasteiger charge is -2.33. The first-order valence-corrected chi connectivity index (χ1v) is 9.61. The maximum absolute atomic E-state index is 12.5. The van der Waals surface area contributed by atoms with Crippen molar-refractivity contribution in [1.29, 1.82) is 0 Å². The summed E-state index contributed by atoms with van der Waals surface area (Å²) in [4.78, 5) is 0. The van der Waals surface area contributed by atoms with Crippen LogP contribution in [0.1, 0.15) is 38.2 Å². The van der Waals surface area contributed by atoms with Crippen LogP contribution < -0.4 is 0 Å². The van der Waals surface area contributed by atoms with Crippen LogP contribution in [0, 0.1) is 5.92 Å². The summed E-state index contributed by atoms with van der Waals surface area (Å²) >= 11 is 6.11. The fourth-order valence-corrected chi connectivity index (χ4v) is 4.97. The number of nitrogens with zero attached hydrogens (tertiary/aromatic N) is 1. The van der Waals surface area contributed by atoms with Crippen molar-refractivity contribution in [3.05, 3.63) is 35.9 Å². The average molecular weight is 330 g/mol. The van der Waals surface area contributed by atoms with Gasteiger partial charge in [-0.1, -0.05) is 37.3 Å². The highest BCUT2D eigenvalue weighted by Crippen LogP contribution is 2.27. The van der Waals surface area contributed by atoms with E-state index in [1.165, 1.54) is 0 Å². The molecule has 2 atom stereocenters. The molecular weight excluding hydrogens is 306 g/mol. The molecule has 21 heavy (non-hydrogen) atoms. The molecular formula is C16H24ClNO2S. The maximum atomic E-state index is 12.5. The Labute approximate surface area is 133 Å². The molecule has 1 heterocycles. The molecule has 1 aromatic carbocycles. The molecule has 5 heteroatoms. The lowest BCUT2D eigenvalue weighted by atomic mass is 9.95. The minimum atomic E-state index is -3.19. The Kier molecular flexibility index (Phi) is 5.69. The highest BCUT2D eigenvalue weighted by molar-refractivity contribution is 7.89. The summed E-state index contributed by atoms with van der Waals surface area (Å²) in [6.07, 6.45) is 1.73. The van der Waals surface area contributed by atoms with Crippen molar-refractivity contribution in [3.63, 3.8) is 0 Å². The average Bonchev–Trinajstić information content (AvgIpc) is 2.48. The molecule has 118 valence electrons. The topological polar surface area (TPSA) is 37.4 Å². The van der Waals surface area contributed by atoms with E-state index in [0.29, 0.717) is 19.0 Å². The molecule has 2 unspecified atom stereocenters. The van der Waals surface area contributed by atoms with Gasteiger partial charge in [0.05, 0.1) is 5.75 Å². The molecule has 0 bridgehead atoms. The minimum Gasteiger partial charge on any atom is -0.212 e. The summed E-state index contributed by atoms with van der Waals surface area (Å²) in [7, 11) is -3.19. The van der Waals surface area contributed by atoms with Gasteiger partial charge in [-0.15, -0.1) is 11.6 Å². The zero-order valence-corrected chi connectivity index (χ0v) is 14.3. The first-order valence-electron chi connectivity index (χ1n) is 7.57. The third kappa shape index (κ3) is 4.44. The third-order valence-corrected chi connectivity index (χ3v) is 6.80. The van der Waals surface area contributed by atoms with E-state index in [1.54, 1.807) is 4.31 Å². The molecule has 1 aromatic rings. The van der Waals surface area contributed by atoms with Crippen molar-refractivity contribution in [2.75, 3.05) is 18.8 Å². The lowest BCUT2D eigenvalue weighted by molar-refractivity contribution is 0.271. The molecule has 2 rings (SSSR count). The predicted molar refractivity (Wildman–Crippen MR) is 88.3 cm³/mol. The summed E-state index contributed by atoms with van der Waals surface area (Å²) in [6.45, 7) is 5.17. The highest BCUT2D eigenvalue weighted by atomic mass is 35.5. The van der Waals surface area contributed by atoms with Crippen LogP contribution in [0.2, 0.25) is 0 Å². The minimum absolute atomic E-state index is 0.0147. The Hall–Kier alpha value is -0.580. The number of halogens is 1. The van der Waals surface area contributed by atoms with E-state index in [0.717, 1.165) is 18.4 Å². The molecule has 0 amide bonds. The van der Waals surface area contributed by atoms with Gasteiger partial charge in [0.15, 0.2) is 0 Å². The SMILES string of the molecule is CC(CS(=O)(=O)N1CCC(C(C)Cl)CC1)c1ccccc1. The van der Waals surface area contributed by atoms with Crippen molar-refractivity contribution >= 4 is 21.6 Å². The number of hydrogen-bond acceptors (Lipinski definition) is 2. The van der Waals surface area contributed by atoms with E-state index in [1.807, 2.05) is 44.2 Å². The van der Waals surface area contributed by atoms with Gasteiger partial charge in [-0.05, 0) is 37.2 Å². The van der Waals surface area contributed by atoms with Gasteiger partial charge in [0, 0.05) is 18.5 Å². The predicted octanol–water partition coefficient (Wildman–Crippen LogP) is 3.46. The van der Waals surface area contributed by atoms with E-state index in [9.17, 15) is 8.42 Å². The second kappa shape index (κ2) is 7.12. The van der Waals surface area contributed by atoms with E-state index in [4.69, 9.17) is 11.6 Å². The monoisotopic (exact) mass is 329 g/mol. The number of rotatable bonds is 5. The number of piperidine rings is 1. The molecule has 1 aliphatic rings. The smallest absolute Gasteiger partial charge is 0.212 e. The van der Waals surface area contributed by atoms with Gasteiger partial charge in [-0.2, -0.15) is 0 Å². The summed E-state index contributed by atoms with van der Waals surface area (Å²) in [5.41, 5.74) is 1.07. The maximum Gasteiger partial charge on any atom is 0.214 e. The van der Waals surface area contributed by atoms with Crippen LogP contribution in [-0.2, 0) is 10.0 Å². The fraction of sp³-hybridized carbons (Fsp3) is 0.625. The quantitative estimate of drug-likeness (QED) is 0.776. The second-order valence-corrected chi connectivity index (χ2v) is 8.71. The second-order valence-electron chi connectivity index (χ2n) is 6.00. The molecule has 3 nitrogen and oxygen atoms in total. The Bertz CT molecular complexity index is 537. The van der Waals surface area contributed by atoms with Crippen LogP contribution in [0.3, 0.4) is 0 Å². The lowest BCUT2D eigenvalue weighted by Crippen LogP contribution is -2.41. The molecule has 0 radical (unpaired) electrons. The van der Waals surface area contributed by atoms with Gasteiger partial charge in [0.1, 0.15) is 0 Å². The third-order valence-electron chi connectivity index (χ3n) is 4.37. The van der Waals surface area contributed by atoms with E-state index in [-0.39, 0.29) is 17.0 Å². The molecule has 0 spiro atoms. The van der Waals surface area contributed by atoms with Gasteiger partial charge < -0.3 is 0 Å². The van der Waals surface area contributed by atoms with Crippen LogP contribution in [0.4, 0.5) is 0 Å². The van der Waals surface area contributed by atoms with Gasteiger partial charge in [-0.3, -0.25) is 0 Å². The zero-order chi connectivity index (χ0) is 15.5. The van der Waals surface area contributed by atoms with Gasteiger partial charge in [0.25, 0.3) is 0 Å². The van der Waals surface area contributed by atoms with E-state index >= 15 is 0 Å². The van der Waals surface area contributed by atoms with Crippen molar-refractivity contribution in [2.24, 2.45) is 5.92 Å². The van der Waals surface area contributed by atoms with Gasteiger partial charge in [0.2, 0.25) is 10.0 Å². The van der Waals surface area contributed by atoms with E-state index < -0.39 is 10.0 Å². The Balaban J connectivity index is 1.97.